The second-order valence-electron chi connectivity index (χ2n) is 3.59. The second kappa shape index (κ2) is 4.25. The molecule has 7 heteroatoms. The van der Waals surface area contributed by atoms with Gasteiger partial charge in [-0.25, -0.2) is 4.39 Å². The highest BCUT2D eigenvalue weighted by Gasteiger charge is 2.42. The molecule has 0 saturated carbocycles. The van der Waals surface area contributed by atoms with E-state index in [4.69, 9.17) is 15.8 Å². The van der Waals surface area contributed by atoms with Crippen molar-refractivity contribution in [2.24, 2.45) is 5.73 Å². The molecule has 0 bridgehead atoms. The van der Waals surface area contributed by atoms with Crippen LogP contribution in [0.5, 0.6) is 0 Å². The highest BCUT2D eigenvalue weighted by Crippen LogP contribution is 2.21. The first-order valence-electron chi connectivity index (χ1n) is 4.49. The summed E-state index contributed by atoms with van der Waals surface area (Å²) in [5.74, 6) is -1.33. The maximum absolute atomic E-state index is 13.0. The number of alkyl halides is 1. The molecule has 1 rings (SSSR count). The number of carbonyl (C=O) groups excluding carboxylic acids is 1. The average Bonchev–Trinajstić information content (AvgIpc) is 2.45. The molecule has 3 atom stereocenters. The zero-order valence-electron chi connectivity index (χ0n) is 7.93. The molecule has 1 amide bonds. The highest BCUT2D eigenvalue weighted by atomic mass is 19.1. The van der Waals surface area contributed by atoms with Crippen LogP contribution < -0.4 is 5.73 Å². The number of hydrogen-bond acceptors (Lipinski definition) is 4. The number of nitrogens with two attached hydrogens (primary N) is 1. The summed E-state index contributed by atoms with van der Waals surface area (Å²) in [6, 6.07) is -0.749. The lowest BCUT2D eigenvalue weighted by atomic mass is 9.77. The van der Waals surface area contributed by atoms with E-state index in [0.29, 0.717) is 0 Å². The monoisotopic (exact) mass is 204 g/mol. The van der Waals surface area contributed by atoms with E-state index in [1.807, 2.05) is 0 Å². The molecular formula is C7H14BFN2O3. The Morgan fingerprint density at radius 3 is 2.71 bits per heavy atom. The first-order chi connectivity index (χ1) is 6.43. The average molecular weight is 204 g/mol. The molecule has 0 aromatic heterocycles. The molecule has 0 radical (unpaired) electrons. The Labute approximate surface area is 81.8 Å². The van der Waals surface area contributed by atoms with Crippen molar-refractivity contribution in [2.75, 3.05) is 6.54 Å². The molecule has 1 saturated heterocycles. The van der Waals surface area contributed by atoms with Gasteiger partial charge in [-0.15, -0.1) is 0 Å². The van der Waals surface area contributed by atoms with Gasteiger partial charge in [-0.3, -0.25) is 4.79 Å². The van der Waals surface area contributed by atoms with E-state index in [0.717, 1.165) is 4.90 Å². The molecule has 0 aromatic carbocycles. The zero-order valence-corrected chi connectivity index (χ0v) is 7.93. The van der Waals surface area contributed by atoms with Gasteiger partial charge in [-0.1, -0.05) is 0 Å². The van der Waals surface area contributed by atoms with Gasteiger partial charge in [0.15, 0.2) is 0 Å². The molecule has 1 fully saturated rings. The normalized spacial score (nSPS) is 29.1. The van der Waals surface area contributed by atoms with E-state index in [9.17, 15) is 9.18 Å². The minimum atomic E-state index is -1.71. The van der Waals surface area contributed by atoms with Crippen molar-refractivity contribution in [1.82, 2.24) is 4.90 Å². The van der Waals surface area contributed by atoms with Crippen molar-refractivity contribution in [3.8, 4) is 0 Å². The fraction of sp³-hybridized carbons (Fsp3) is 0.857. The first-order valence-corrected chi connectivity index (χ1v) is 4.49. The molecule has 1 aliphatic rings. The summed E-state index contributed by atoms with van der Waals surface area (Å²) in [6.07, 6.45) is -1.25. The van der Waals surface area contributed by atoms with Gasteiger partial charge >= 0.3 is 7.12 Å². The van der Waals surface area contributed by atoms with Crippen molar-refractivity contribution in [3.05, 3.63) is 0 Å². The van der Waals surface area contributed by atoms with Gasteiger partial charge in [-0.05, 0) is 13.3 Å². The number of hydrogen-bond donors (Lipinski definition) is 3. The van der Waals surface area contributed by atoms with Crippen LogP contribution in [0.1, 0.15) is 13.3 Å². The third kappa shape index (κ3) is 2.23. The van der Waals surface area contributed by atoms with Crippen LogP contribution in [-0.4, -0.2) is 52.7 Å². The Morgan fingerprint density at radius 2 is 2.29 bits per heavy atom. The van der Waals surface area contributed by atoms with E-state index >= 15 is 0 Å². The van der Waals surface area contributed by atoms with Gasteiger partial charge in [0, 0.05) is 0 Å². The van der Waals surface area contributed by atoms with Crippen molar-refractivity contribution in [2.45, 2.75) is 31.5 Å². The molecule has 0 aliphatic carbocycles. The summed E-state index contributed by atoms with van der Waals surface area (Å²) in [6.45, 7) is 1.37. The van der Waals surface area contributed by atoms with Crippen molar-refractivity contribution >= 4 is 13.0 Å². The first kappa shape index (κ1) is 11.4. The molecule has 14 heavy (non-hydrogen) atoms. The quantitative estimate of drug-likeness (QED) is 0.467. The summed E-state index contributed by atoms with van der Waals surface area (Å²) < 4.78 is 13.0. The largest absolute Gasteiger partial charge is 0.475 e. The number of amides is 1. The standard InChI is InChI=1S/C7H14BFN2O3/c1-4(10)7(12)11-3-5(9)2-6(11)8(13)14/h4-6,13-14H,2-3,10H2,1H3/t4-,5+,6-/m0/s1. The predicted octanol–water partition coefficient (Wildman–Crippen LogP) is -1.72. The molecule has 4 N–H and O–H groups in total. The summed E-state index contributed by atoms with van der Waals surface area (Å²) in [4.78, 5) is 12.5. The number of likely N-dealkylation sites (tertiary alicyclic amines) is 1. The number of rotatable bonds is 2. The van der Waals surface area contributed by atoms with E-state index in [1.165, 1.54) is 6.92 Å². The van der Waals surface area contributed by atoms with Crippen LogP contribution in [0.3, 0.4) is 0 Å². The smallest absolute Gasteiger partial charge is 0.426 e. The van der Waals surface area contributed by atoms with Crippen molar-refractivity contribution < 1.29 is 19.2 Å². The molecule has 0 aromatic rings. The fourth-order valence-corrected chi connectivity index (χ4v) is 1.61. The SMILES string of the molecule is C[C@H](N)C(=O)N1C[C@H](F)C[C@H]1B(O)O. The zero-order chi connectivity index (χ0) is 10.9. The lowest BCUT2D eigenvalue weighted by molar-refractivity contribution is -0.132. The van der Waals surface area contributed by atoms with E-state index in [2.05, 4.69) is 0 Å². The van der Waals surface area contributed by atoms with E-state index in [1.54, 1.807) is 0 Å². The Hall–Kier alpha value is -0.655. The highest BCUT2D eigenvalue weighted by molar-refractivity contribution is 6.43. The Morgan fingerprint density at radius 1 is 1.71 bits per heavy atom. The van der Waals surface area contributed by atoms with Crippen LogP contribution >= 0.6 is 0 Å². The molecule has 1 heterocycles. The van der Waals surface area contributed by atoms with Crippen LogP contribution in [0, 0.1) is 0 Å². The van der Waals surface area contributed by atoms with Crippen molar-refractivity contribution in [1.29, 1.82) is 0 Å². The van der Waals surface area contributed by atoms with Gasteiger partial charge in [-0.2, -0.15) is 0 Å². The van der Waals surface area contributed by atoms with E-state index < -0.39 is 31.2 Å². The second-order valence-corrected chi connectivity index (χ2v) is 3.59. The molecule has 0 spiro atoms. The minimum Gasteiger partial charge on any atom is -0.426 e. The Balaban J connectivity index is 2.71. The summed E-state index contributed by atoms with van der Waals surface area (Å²) >= 11 is 0. The number of halogens is 1. The predicted molar refractivity (Wildman–Crippen MR) is 48.9 cm³/mol. The molecular weight excluding hydrogens is 190 g/mol. The third-order valence-corrected chi connectivity index (χ3v) is 2.31. The van der Waals surface area contributed by atoms with Gasteiger partial charge in [0.2, 0.25) is 5.91 Å². The molecule has 80 valence electrons. The Kier molecular flexibility index (Phi) is 3.46. The maximum Gasteiger partial charge on any atom is 0.475 e. The van der Waals surface area contributed by atoms with Crippen LogP contribution in [-0.2, 0) is 4.79 Å². The van der Waals surface area contributed by atoms with Gasteiger partial charge < -0.3 is 20.7 Å². The topological polar surface area (TPSA) is 86.8 Å². The van der Waals surface area contributed by atoms with Crippen molar-refractivity contribution in [3.63, 3.8) is 0 Å². The van der Waals surface area contributed by atoms with Crippen LogP contribution in [0.4, 0.5) is 4.39 Å². The summed E-state index contributed by atoms with van der Waals surface area (Å²) in [5.41, 5.74) is 5.35. The van der Waals surface area contributed by atoms with E-state index in [-0.39, 0.29) is 13.0 Å². The van der Waals surface area contributed by atoms with Crippen LogP contribution in [0.25, 0.3) is 0 Å². The maximum atomic E-state index is 13.0. The van der Waals surface area contributed by atoms with Gasteiger partial charge in [0.25, 0.3) is 0 Å². The number of carbonyl (C=O) groups is 1. The van der Waals surface area contributed by atoms with Gasteiger partial charge in [0.05, 0.1) is 18.5 Å². The fourth-order valence-electron chi connectivity index (χ4n) is 1.61. The van der Waals surface area contributed by atoms with Gasteiger partial charge in [0.1, 0.15) is 6.17 Å². The molecule has 1 aliphatic heterocycles. The third-order valence-electron chi connectivity index (χ3n) is 2.31. The molecule has 5 nitrogen and oxygen atoms in total. The summed E-state index contributed by atoms with van der Waals surface area (Å²) in [7, 11) is -1.71. The molecule has 0 unspecified atom stereocenters. The lowest BCUT2D eigenvalue weighted by Crippen LogP contribution is -2.50. The minimum absolute atomic E-state index is 0.0455. The van der Waals surface area contributed by atoms with Crippen LogP contribution in [0.2, 0.25) is 0 Å². The van der Waals surface area contributed by atoms with Crippen LogP contribution in [0.15, 0.2) is 0 Å². The summed E-state index contributed by atoms with van der Waals surface area (Å²) in [5, 5.41) is 17.9. The number of nitrogens with zero attached hydrogens (tertiary/aromatic N) is 1. The Bertz CT molecular complexity index is 227. The lowest BCUT2D eigenvalue weighted by Gasteiger charge is -2.25.